The second-order valence-corrected chi connectivity index (χ2v) is 12.0. The van der Waals surface area contributed by atoms with E-state index in [1.165, 1.54) is 11.0 Å². The van der Waals surface area contributed by atoms with Gasteiger partial charge in [0.2, 0.25) is 11.8 Å². The Morgan fingerprint density at radius 2 is 1.60 bits per heavy atom. The molecule has 1 N–H and O–H groups in total. The van der Waals surface area contributed by atoms with Crippen LogP contribution in [0, 0.1) is 6.92 Å². The van der Waals surface area contributed by atoms with Crippen molar-refractivity contribution in [1.82, 2.24) is 15.2 Å². The highest BCUT2D eigenvalue weighted by molar-refractivity contribution is 6.38. The van der Waals surface area contributed by atoms with E-state index in [1.807, 2.05) is 51.1 Å². The number of likely N-dealkylation sites (N-methyl/N-ethyl adjacent to an activating group) is 1. The lowest BCUT2D eigenvalue weighted by atomic mass is 10.1. The maximum atomic E-state index is 13.1. The summed E-state index contributed by atoms with van der Waals surface area (Å²) in [6, 6.07) is 19.8. The normalized spacial score (nSPS) is 11.2. The molecule has 3 aromatic carbocycles. The fourth-order valence-corrected chi connectivity index (χ4v) is 5.59. The van der Waals surface area contributed by atoms with E-state index in [4.69, 9.17) is 37.4 Å². The first-order chi connectivity index (χ1) is 24.1. The van der Waals surface area contributed by atoms with Gasteiger partial charge in [0.1, 0.15) is 17.9 Å². The standard InChI is InChI=1S/C38H42Cl2N4O6/c1-5-48-22-20-44(21-23-49-6-2)38(47)29-15-11-27(12-16-29)13-19-34(45)41-24-35(46)43(4)32-18-17-31(39)30(36(32)40)25-50-33-9-7-8-28-14-10-26(3)42-37(28)33/h7-19H,5-6,20-25H2,1-4H3,(H,41,45). The maximum Gasteiger partial charge on any atom is 0.254 e. The number of pyridine rings is 1. The van der Waals surface area contributed by atoms with Crippen LogP contribution in [0.5, 0.6) is 5.75 Å². The molecule has 0 aliphatic heterocycles. The average Bonchev–Trinajstić information content (AvgIpc) is 3.12. The summed E-state index contributed by atoms with van der Waals surface area (Å²) in [7, 11) is 1.57. The lowest BCUT2D eigenvalue weighted by molar-refractivity contribution is -0.122. The molecule has 0 bridgehead atoms. The van der Waals surface area contributed by atoms with E-state index in [1.54, 1.807) is 54.4 Å². The van der Waals surface area contributed by atoms with Gasteiger partial charge >= 0.3 is 0 Å². The van der Waals surface area contributed by atoms with Crippen molar-refractivity contribution in [3.8, 4) is 5.75 Å². The molecule has 1 heterocycles. The third-order valence-electron chi connectivity index (χ3n) is 7.80. The van der Waals surface area contributed by atoms with Crippen molar-refractivity contribution in [3.63, 3.8) is 0 Å². The number of hydrogen-bond acceptors (Lipinski definition) is 7. The Morgan fingerprint density at radius 3 is 2.28 bits per heavy atom. The van der Waals surface area contributed by atoms with Crippen LogP contribution in [0.1, 0.15) is 41.0 Å². The van der Waals surface area contributed by atoms with E-state index in [0.29, 0.717) is 72.7 Å². The van der Waals surface area contributed by atoms with Gasteiger partial charge in [-0.2, -0.15) is 0 Å². The number of aryl methyl sites for hydroxylation is 1. The number of aromatic nitrogens is 1. The van der Waals surface area contributed by atoms with Gasteiger partial charge in [0.25, 0.3) is 5.91 Å². The van der Waals surface area contributed by atoms with Gasteiger partial charge in [0.05, 0.1) is 30.5 Å². The molecule has 4 rings (SSSR count). The Balaban J connectivity index is 1.32. The van der Waals surface area contributed by atoms with Gasteiger partial charge in [0, 0.05) is 66.7 Å². The molecule has 1 aromatic heterocycles. The highest BCUT2D eigenvalue weighted by Crippen LogP contribution is 2.35. The Kier molecular flexibility index (Phi) is 14.6. The summed E-state index contributed by atoms with van der Waals surface area (Å²) in [6.07, 6.45) is 2.93. The number of hydrogen-bond donors (Lipinski definition) is 1. The predicted octanol–water partition coefficient (Wildman–Crippen LogP) is 6.74. The molecule has 0 unspecified atom stereocenters. The van der Waals surface area contributed by atoms with E-state index in [2.05, 4.69) is 10.3 Å². The van der Waals surface area contributed by atoms with Crippen molar-refractivity contribution >= 4 is 63.6 Å². The minimum absolute atomic E-state index is 0.0546. The van der Waals surface area contributed by atoms with Crippen LogP contribution in [0.25, 0.3) is 17.0 Å². The first kappa shape index (κ1) is 38.3. The molecule has 0 aliphatic rings. The summed E-state index contributed by atoms with van der Waals surface area (Å²) in [4.78, 5) is 46.4. The molecule has 0 fully saturated rings. The van der Waals surface area contributed by atoms with Crippen molar-refractivity contribution in [2.45, 2.75) is 27.4 Å². The van der Waals surface area contributed by atoms with Crippen LogP contribution < -0.4 is 15.0 Å². The molecule has 0 saturated heterocycles. The number of anilines is 1. The number of halogens is 2. The van der Waals surface area contributed by atoms with Crippen LogP contribution in [-0.4, -0.2) is 80.7 Å². The second kappa shape index (κ2) is 19.1. The van der Waals surface area contributed by atoms with E-state index < -0.39 is 11.8 Å². The fraction of sp³-hybridized carbons (Fsp3) is 0.316. The van der Waals surface area contributed by atoms with Crippen molar-refractivity contribution in [1.29, 1.82) is 0 Å². The van der Waals surface area contributed by atoms with Crippen LogP contribution in [0.3, 0.4) is 0 Å². The third kappa shape index (κ3) is 10.5. The Morgan fingerprint density at radius 1 is 0.900 bits per heavy atom. The summed E-state index contributed by atoms with van der Waals surface area (Å²) in [5.74, 6) is -0.391. The van der Waals surface area contributed by atoms with Crippen LogP contribution in [0.15, 0.2) is 72.8 Å². The number of ether oxygens (including phenoxy) is 3. The molecule has 4 aromatic rings. The molecule has 50 heavy (non-hydrogen) atoms. The first-order valence-electron chi connectivity index (χ1n) is 16.4. The summed E-state index contributed by atoms with van der Waals surface area (Å²) >= 11 is 13.2. The predicted molar refractivity (Wildman–Crippen MR) is 198 cm³/mol. The number of rotatable bonds is 17. The lowest BCUT2D eigenvalue weighted by Crippen LogP contribution is -2.37. The average molecular weight is 722 g/mol. The summed E-state index contributed by atoms with van der Waals surface area (Å²) in [6.45, 7) is 8.46. The first-order valence-corrected chi connectivity index (χ1v) is 17.1. The molecule has 0 radical (unpaired) electrons. The minimum Gasteiger partial charge on any atom is -0.487 e. The Hall–Kier alpha value is -4.48. The molecule has 0 atom stereocenters. The minimum atomic E-state index is -0.458. The highest BCUT2D eigenvalue weighted by atomic mass is 35.5. The Bertz CT molecular complexity index is 1810. The van der Waals surface area contributed by atoms with E-state index in [9.17, 15) is 14.4 Å². The number of amides is 3. The largest absolute Gasteiger partial charge is 0.487 e. The smallest absolute Gasteiger partial charge is 0.254 e. The molecule has 264 valence electrons. The van der Waals surface area contributed by atoms with E-state index in [0.717, 1.165) is 16.6 Å². The number of fused-ring (bicyclic) bond motifs is 1. The van der Waals surface area contributed by atoms with E-state index in [-0.39, 0.29) is 24.1 Å². The summed E-state index contributed by atoms with van der Waals surface area (Å²) in [5, 5.41) is 4.20. The third-order valence-corrected chi connectivity index (χ3v) is 8.58. The van der Waals surface area contributed by atoms with Gasteiger partial charge in [-0.25, -0.2) is 4.98 Å². The lowest BCUT2D eigenvalue weighted by Gasteiger charge is -2.22. The topological polar surface area (TPSA) is 110 Å². The molecular weight excluding hydrogens is 679 g/mol. The molecule has 0 saturated carbocycles. The van der Waals surface area contributed by atoms with Gasteiger partial charge in [-0.15, -0.1) is 0 Å². The van der Waals surface area contributed by atoms with Crippen molar-refractivity contribution in [3.05, 3.63) is 105 Å². The quantitative estimate of drug-likeness (QED) is 0.0951. The monoisotopic (exact) mass is 720 g/mol. The number of para-hydroxylation sites is 1. The van der Waals surface area contributed by atoms with Gasteiger partial charge in [-0.1, -0.05) is 53.5 Å². The van der Waals surface area contributed by atoms with Gasteiger partial charge in [-0.05, 0) is 68.8 Å². The van der Waals surface area contributed by atoms with Gasteiger partial charge in [0.15, 0.2) is 0 Å². The number of nitrogens with one attached hydrogen (secondary N) is 1. The van der Waals surface area contributed by atoms with Crippen LogP contribution in [0.4, 0.5) is 5.69 Å². The Labute approximate surface area is 302 Å². The zero-order valence-corrected chi connectivity index (χ0v) is 30.2. The number of nitrogens with zero attached hydrogens (tertiary/aromatic N) is 3. The van der Waals surface area contributed by atoms with Crippen LogP contribution in [0.2, 0.25) is 10.0 Å². The molecule has 12 heteroatoms. The molecule has 0 aliphatic carbocycles. The van der Waals surface area contributed by atoms with Crippen molar-refractivity contribution in [2.75, 3.05) is 58.0 Å². The molecule has 3 amide bonds. The second-order valence-electron chi connectivity index (χ2n) is 11.2. The summed E-state index contributed by atoms with van der Waals surface area (Å²) < 4.78 is 17.0. The zero-order valence-electron chi connectivity index (χ0n) is 28.7. The highest BCUT2D eigenvalue weighted by Gasteiger charge is 2.20. The summed E-state index contributed by atoms with van der Waals surface area (Å²) in [5.41, 5.74) is 3.75. The van der Waals surface area contributed by atoms with Crippen LogP contribution in [-0.2, 0) is 25.7 Å². The van der Waals surface area contributed by atoms with Gasteiger partial charge in [-0.3, -0.25) is 14.4 Å². The molecular formula is C38H42Cl2N4O6. The zero-order chi connectivity index (χ0) is 36.0. The number of carbonyl (C=O) groups is 3. The SMILES string of the molecule is CCOCCN(CCOCC)C(=O)c1ccc(C=CC(=O)NCC(=O)N(C)c2ccc(Cl)c(COc3cccc4ccc(C)nc34)c2Cl)cc1. The number of benzene rings is 3. The fourth-order valence-electron chi connectivity index (χ4n) is 4.98. The molecule has 0 spiro atoms. The van der Waals surface area contributed by atoms with Gasteiger partial charge < -0.3 is 29.3 Å². The van der Waals surface area contributed by atoms with E-state index >= 15 is 0 Å². The van der Waals surface area contributed by atoms with Crippen molar-refractivity contribution in [2.24, 2.45) is 0 Å². The molecule has 10 nitrogen and oxygen atoms in total. The number of carbonyl (C=O) groups excluding carboxylic acids is 3. The van der Waals surface area contributed by atoms with Crippen molar-refractivity contribution < 1.29 is 28.6 Å². The van der Waals surface area contributed by atoms with Crippen LogP contribution >= 0.6 is 23.2 Å². The maximum absolute atomic E-state index is 13.1.